The number of nitrogens with one attached hydrogen (secondary N) is 1. The minimum atomic E-state index is -1.44. The summed E-state index contributed by atoms with van der Waals surface area (Å²) < 4.78 is 0. The molecule has 0 aromatic carbocycles. The van der Waals surface area contributed by atoms with Crippen molar-refractivity contribution in [3.05, 3.63) is 48.1 Å². The number of dihydropyridines is 1. The maximum absolute atomic E-state index is 8.97. The average molecular weight is 191 g/mol. The molecule has 4 heteroatoms. The van der Waals surface area contributed by atoms with Crippen molar-refractivity contribution in [3.63, 3.8) is 0 Å². The third-order valence-corrected chi connectivity index (χ3v) is 2.01. The van der Waals surface area contributed by atoms with Crippen molar-refractivity contribution in [1.82, 2.24) is 5.32 Å². The van der Waals surface area contributed by atoms with Crippen LogP contribution in [0, 0.1) is 0 Å². The first kappa shape index (κ1) is 10.8. The molecule has 0 amide bonds. The quantitative estimate of drug-likeness (QED) is 0.450. The molecule has 0 aromatic heterocycles. The number of rotatable bonds is 3. The van der Waals surface area contributed by atoms with Crippen LogP contribution in [0.15, 0.2) is 48.1 Å². The third-order valence-electron chi connectivity index (χ3n) is 2.01. The molecule has 1 rings (SSSR count). The Kier molecular flexibility index (Phi) is 3.74. The Balaban J connectivity index is 2.92. The molecule has 1 aliphatic heterocycles. The fourth-order valence-corrected chi connectivity index (χ4v) is 1.30. The highest BCUT2D eigenvalue weighted by Crippen LogP contribution is 2.15. The molecule has 1 atom stereocenters. The Morgan fingerprint density at radius 3 is 2.79 bits per heavy atom. The second-order valence-corrected chi connectivity index (χ2v) is 3.04. The van der Waals surface area contributed by atoms with E-state index in [1.807, 2.05) is 19.1 Å². The van der Waals surface area contributed by atoms with Gasteiger partial charge in [-0.15, -0.1) is 6.58 Å². The second kappa shape index (κ2) is 4.84. The molecule has 0 saturated carbocycles. The van der Waals surface area contributed by atoms with Gasteiger partial charge in [0, 0.05) is 0 Å². The predicted molar refractivity (Wildman–Crippen MR) is 58.3 cm³/mol. The second-order valence-electron chi connectivity index (χ2n) is 3.04. The number of hydrogen-bond acceptors (Lipinski definition) is 3. The van der Waals surface area contributed by atoms with Crippen molar-refractivity contribution in [2.45, 2.75) is 13.0 Å². The van der Waals surface area contributed by atoms with E-state index >= 15 is 0 Å². The van der Waals surface area contributed by atoms with E-state index < -0.39 is 7.12 Å². The highest BCUT2D eigenvalue weighted by atomic mass is 16.4. The van der Waals surface area contributed by atoms with Gasteiger partial charge >= 0.3 is 7.12 Å². The van der Waals surface area contributed by atoms with Crippen LogP contribution in [0.1, 0.15) is 6.92 Å². The van der Waals surface area contributed by atoms with E-state index in [0.717, 1.165) is 5.57 Å². The van der Waals surface area contributed by atoms with Gasteiger partial charge in [-0.05, 0) is 24.2 Å². The third kappa shape index (κ3) is 2.37. The van der Waals surface area contributed by atoms with Gasteiger partial charge in [0.1, 0.15) is 0 Å². The Morgan fingerprint density at radius 1 is 1.57 bits per heavy atom. The van der Waals surface area contributed by atoms with Gasteiger partial charge in [-0.25, -0.2) is 0 Å². The van der Waals surface area contributed by atoms with E-state index in [1.54, 1.807) is 18.4 Å². The van der Waals surface area contributed by atoms with Gasteiger partial charge in [-0.2, -0.15) is 0 Å². The van der Waals surface area contributed by atoms with Crippen LogP contribution in [0.5, 0.6) is 0 Å². The molecule has 74 valence electrons. The average Bonchev–Trinajstić information content (AvgIpc) is 2.18. The highest BCUT2D eigenvalue weighted by molar-refractivity contribution is 6.51. The zero-order valence-corrected chi connectivity index (χ0v) is 8.14. The zero-order chi connectivity index (χ0) is 10.6. The van der Waals surface area contributed by atoms with Crippen molar-refractivity contribution in [2.24, 2.45) is 0 Å². The maximum Gasteiger partial charge on any atom is 0.489 e. The van der Waals surface area contributed by atoms with Crippen LogP contribution >= 0.6 is 0 Å². The van der Waals surface area contributed by atoms with E-state index in [2.05, 4.69) is 11.9 Å². The Labute approximate surface area is 84.3 Å². The van der Waals surface area contributed by atoms with Crippen LogP contribution in [0.25, 0.3) is 0 Å². The summed E-state index contributed by atoms with van der Waals surface area (Å²) in [5.41, 5.74) is 1.42. The molecule has 3 N–H and O–H groups in total. The summed E-state index contributed by atoms with van der Waals surface area (Å²) in [5, 5.41) is 21.0. The van der Waals surface area contributed by atoms with Crippen LogP contribution in [-0.2, 0) is 0 Å². The van der Waals surface area contributed by atoms with Gasteiger partial charge in [-0.1, -0.05) is 24.3 Å². The van der Waals surface area contributed by atoms with Crippen molar-refractivity contribution in [2.75, 3.05) is 0 Å². The van der Waals surface area contributed by atoms with E-state index in [4.69, 9.17) is 10.0 Å². The normalized spacial score (nSPS) is 21.2. The molecule has 0 saturated heterocycles. The standard InChI is InChI=1S/C10H14BNO2/c1-3-5-8-6-9(11(13)14)7-12-10(8)4-2/h3-7,10,12-14H,2H2,1H3/b5-3-/t10-/m1/s1. The molecule has 0 unspecified atom stereocenters. The lowest BCUT2D eigenvalue weighted by molar-refractivity contribution is 0.419. The summed E-state index contributed by atoms with van der Waals surface area (Å²) in [6, 6.07) is 0.0358. The van der Waals surface area contributed by atoms with Gasteiger partial charge in [0.2, 0.25) is 0 Å². The van der Waals surface area contributed by atoms with Gasteiger partial charge < -0.3 is 15.4 Å². The van der Waals surface area contributed by atoms with E-state index in [9.17, 15) is 0 Å². The summed E-state index contributed by atoms with van der Waals surface area (Å²) in [4.78, 5) is 0. The summed E-state index contributed by atoms with van der Waals surface area (Å²) >= 11 is 0. The van der Waals surface area contributed by atoms with E-state index in [1.165, 1.54) is 0 Å². The molecule has 1 heterocycles. The number of allylic oxidation sites excluding steroid dienone is 3. The molecule has 3 nitrogen and oxygen atoms in total. The molecule has 0 spiro atoms. The monoisotopic (exact) mass is 191 g/mol. The largest absolute Gasteiger partial charge is 0.489 e. The minimum absolute atomic E-state index is 0.0358. The molecule has 14 heavy (non-hydrogen) atoms. The van der Waals surface area contributed by atoms with Crippen molar-refractivity contribution < 1.29 is 10.0 Å². The van der Waals surface area contributed by atoms with Crippen LogP contribution in [0.4, 0.5) is 0 Å². The zero-order valence-electron chi connectivity index (χ0n) is 8.14. The van der Waals surface area contributed by atoms with Crippen molar-refractivity contribution >= 4 is 7.12 Å². The van der Waals surface area contributed by atoms with Crippen LogP contribution in [-0.4, -0.2) is 23.2 Å². The van der Waals surface area contributed by atoms with E-state index in [0.29, 0.717) is 5.47 Å². The maximum atomic E-state index is 8.97. The first-order valence-electron chi connectivity index (χ1n) is 4.48. The van der Waals surface area contributed by atoms with Gasteiger partial charge in [0.05, 0.1) is 6.04 Å². The van der Waals surface area contributed by atoms with Crippen LogP contribution < -0.4 is 5.32 Å². The number of hydrogen-bond donors (Lipinski definition) is 3. The molecule has 1 aliphatic rings. The molecule has 0 radical (unpaired) electrons. The summed E-state index contributed by atoms with van der Waals surface area (Å²) in [6.07, 6.45) is 8.91. The first-order valence-corrected chi connectivity index (χ1v) is 4.48. The highest BCUT2D eigenvalue weighted by Gasteiger charge is 2.19. The molecule has 0 bridgehead atoms. The minimum Gasteiger partial charge on any atom is -0.423 e. The van der Waals surface area contributed by atoms with Crippen LogP contribution in [0.2, 0.25) is 0 Å². The predicted octanol–water partition coefficient (Wildman–Crippen LogP) is 0.543. The Bertz CT molecular complexity index is 305. The molecule has 0 aliphatic carbocycles. The summed E-state index contributed by atoms with van der Waals surface area (Å²) in [5.74, 6) is 0. The smallest absolute Gasteiger partial charge is 0.423 e. The SMILES string of the molecule is C=C[C@H]1NC=C(B(O)O)C=C1/C=C\C. The lowest BCUT2D eigenvalue weighted by atomic mass is 9.77. The molecular formula is C10H14BNO2. The first-order chi connectivity index (χ1) is 6.69. The fourth-order valence-electron chi connectivity index (χ4n) is 1.30. The van der Waals surface area contributed by atoms with Gasteiger partial charge in [-0.3, -0.25) is 0 Å². The summed E-state index contributed by atoms with van der Waals surface area (Å²) in [6.45, 7) is 5.61. The Hall–Kier alpha value is -1.26. The van der Waals surface area contributed by atoms with E-state index in [-0.39, 0.29) is 6.04 Å². The topological polar surface area (TPSA) is 52.5 Å². The molecule has 0 fully saturated rings. The van der Waals surface area contributed by atoms with Crippen molar-refractivity contribution in [1.29, 1.82) is 0 Å². The molecule has 0 aromatic rings. The molecular weight excluding hydrogens is 177 g/mol. The lowest BCUT2D eigenvalue weighted by Crippen LogP contribution is -2.30. The van der Waals surface area contributed by atoms with Crippen molar-refractivity contribution in [3.8, 4) is 0 Å². The van der Waals surface area contributed by atoms with Gasteiger partial charge in [0.25, 0.3) is 0 Å². The fraction of sp³-hybridized carbons (Fsp3) is 0.200. The lowest BCUT2D eigenvalue weighted by Gasteiger charge is -2.20. The summed E-state index contributed by atoms with van der Waals surface area (Å²) in [7, 11) is -1.44. The van der Waals surface area contributed by atoms with Gasteiger partial charge in [0.15, 0.2) is 0 Å². The van der Waals surface area contributed by atoms with Crippen LogP contribution in [0.3, 0.4) is 0 Å². The Morgan fingerprint density at radius 2 is 2.29 bits per heavy atom.